The summed E-state index contributed by atoms with van der Waals surface area (Å²) in [4.78, 5) is 17.4. The normalized spacial score (nSPS) is 14.5. The molecule has 0 radical (unpaired) electrons. The van der Waals surface area contributed by atoms with Gasteiger partial charge in [-0.15, -0.1) is 5.10 Å². The third-order valence-electron chi connectivity index (χ3n) is 5.56. The highest BCUT2D eigenvalue weighted by atomic mass is 32.2. The molecule has 156 valence electrons. The molecule has 0 unspecified atom stereocenters. The van der Waals surface area contributed by atoms with Crippen LogP contribution in [0.15, 0.2) is 78.0 Å². The second-order valence-electron chi connectivity index (χ2n) is 7.92. The summed E-state index contributed by atoms with van der Waals surface area (Å²) >= 11 is 1.39. The monoisotopic (exact) mass is 428 g/mol. The lowest BCUT2D eigenvalue weighted by Gasteiger charge is -2.16. The molecule has 0 saturated heterocycles. The van der Waals surface area contributed by atoms with Crippen LogP contribution in [-0.4, -0.2) is 26.4 Å². The van der Waals surface area contributed by atoms with E-state index < -0.39 is 0 Å². The molecule has 5 rings (SSSR count). The Morgan fingerprint density at radius 2 is 1.81 bits per heavy atom. The number of amides is 1. The fourth-order valence-corrected chi connectivity index (χ4v) is 4.49. The first-order chi connectivity index (χ1) is 15.2. The fraction of sp³-hybridized carbons (Fsp3) is 0.240. The maximum atomic E-state index is 12.6. The average molecular weight is 429 g/mol. The molecule has 3 aromatic carbocycles. The molecule has 31 heavy (non-hydrogen) atoms. The summed E-state index contributed by atoms with van der Waals surface area (Å²) in [6.07, 6.45) is 2.30. The largest absolute Gasteiger partial charge is 0.349 e. The van der Waals surface area contributed by atoms with E-state index in [0.717, 1.165) is 29.9 Å². The van der Waals surface area contributed by atoms with Crippen molar-refractivity contribution in [2.45, 2.75) is 36.9 Å². The number of aromatic nitrogens is 3. The summed E-state index contributed by atoms with van der Waals surface area (Å²) in [6.45, 7) is 2.03. The molecule has 1 aliphatic rings. The predicted octanol–water partition coefficient (Wildman–Crippen LogP) is 5.27. The highest BCUT2D eigenvalue weighted by Gasteiger charge is 2.30. The number of hydrogen-bond donors (Lipinski definition) is 1. The van der Waals surface area contributed by atoms with Crippen molar-refractivity contribution in [3.05, 3.63) is 84.2 Å². The Kier molecular flexibility index (Phi) is 5.47. The third-order valence-corrected chi connectivity index (χ3v) is 6.39. The Hall–Kier alpha value is -3.12. The molecule has 1 atom stereocenters. The second kappa shape index (κ2) is 8.55. The average Bonchev–Trinajstić information content (AvgIpc) is 3.57. The van der Waals surface area contributed by atoms with Crippen LogP contribution in [0, 0.1) is 0 Å². The van der Waals surface area contributed by atoms with E-state index >= 15 is 0 Å². The molecule has 1 N–H and O–H groups in total. The Morgan fingerprint density at radius 3 is 2.61 bits per heavy atom. The van der Waals surface area contributed by atoms with Gasteiger partial charge in [-0.05, 0) is 48.2 Å². The van der Waals surface area contributed by atoms with E-state index in [1.807, 2.05) is 60.1 Å². The highest BCUT2D eigenvalue weighted by Crippen LogP contribution is 2.40. The lowest BCUT2D eigenvalue weighted by atomic mass is 10.00. The number of rotatable bonds is 7. The van der Waals surface area contributed by atoms with Crippen molar-refractivity contribution in [3.8, 4) is 5.69 Å². The number of thioether (sulfide) groups is 1. The molecule has 5 nitrogen and oxygen atoms in total. The van der Waals surface area contributed by atoms with Gasteiger partial charge in [0.1, 0.15) is 5.82 Å². The van der Waals surface area contributed by atoms with E-state index in [-0.39, 0.29) is 17.7 Å². The van der Waals surface area contributed by atoms with Gasteiger partial charge < -0.3 is 5.32 Å². The number of nitrogens with one attached hydrogen (secondary N) is 1. The Labute approximate surface area is 185 Å². The number of fused-ring (bicyclic) bond motifs is 1. The van der Waals surface area contributed by atoms with E-state index in [1.165, 1.54) is 22.5 Å². The van der Waals surface area contributed by atoms with Gasteiger partial charge in [0.05, 0.1) is 17.5 Å². The van der Waals surface area contributed by atoms with Gasteiger partial charge in [0.2, 0.25) is 11.1 Å². The summed E-state index contributed by atoms with van der Waals surface area (Å²) in [5.74, 6) is 1.74. The smallest absolute Gasteiger partial charge is 0.230 e. The first-order valence-corrected chi connectivity index (χ1v) is 11.6. The van der Waals surface area contributed by atoms with E-state index in [9.17, 15) is 4.79 Å². The minimum atomic E-state index is -0.0731. The van der Waals surface area contributed by atoms with Crippen molar-refractivity contribution in [1.29, 1.82) is 0 Å². The van der Waals surface area contributed by atoms with Gasteiger partial charge in [0, 0.05) is 5.92 Å². The van der Waals surface area contributed by atoms with Crippen LogP contribution in [0.3, 0.4) is 0 Å². The number of carbonyl (C=O) groups excluding carboxylic acids is 1. The quantitative estimate of drug-likeness (QED) is 0.408. The molecular weight excluding hydrogens is 404 g/mol. The van der Waals surface area contributed by atoms with Crippen LogP contribution >= 0.6 is 11.8 Å². The topological polar surface area (TPSA) is 59.8 Å². The van der Waals surface area contributed by atoms with E-state index in [4.69, 9.17) is 4.98 Å². The van der Waals surface area contributed by atoms with Crippen LogP contribution in [0.25, 0.3) is 16.5 Å². The number of para-hydroxylation sites is 1. The van der Waals surface area contributed by atoms with Crippen molar-refractivity contribution >= 4 is 28.4 Å². The summed E-state index contributed by atoms with van der Waals surface area (Å²) in [7, 11) is 0. The molecule has 6 heteroatoms. The molecule has 0 spiro atoms. The zero-order chi connectivity index (χ0) is 21.2. The molecule has 1 fully saturated rings. The number of carbonyl (C=O) groups is 1. The van der Waals surface area contributed by atoms with E-state index in [2.05, 4.69) is 34.7 Å². The Morgan fingerprint density at radius 1 is 1.06 bits per heavy atom. The van der Waals surface area contributed by atoms with Gasteiger partial charge in [-0.25, -0.2) is 9.67 Å². The zero-order valence-electron chi connectivity index (χ0n) is 17.4. The standard InChI is InChI=1S/C25H24N4OS/c1-17(21-13-7-9-18-8-5-6-12-22(18)21)26-23(30)16-31-25-27-24(19-14-15-19)29(28-25)20-10-3-2-4-11-20/h2-13,17,19H,14-16H2,1H3,(H,26,30)/t17-/m1/s1. The van der Waals surface area contributed by atoms with Crippen LogP contribution in [-0.2, 0) is 4.79 Å². The van der Waals surface area contributed by atoms with Gasteiger partial charge in [-0.2, -0.15) is 0 Å². The predicted molar refractivity (Wildman–Crippen MR) is 125 cm³/mol. The lowest BCUT2D eigenvalue weighted by molar-refractivity contribution is -0.119. The number of nitrogens with zero attached hydrogens (tertiary/aromatic N) is 3. The molecule has 0 aliphatic heterocycles. The van der Waals surface area contributed by atoms with Crippen molar-refractivity contribution in [3.63, 3.8) is 0 Å². The molecule has 1 aromatic heterocycles. The van der Waals surface area contributed by atoms with Crippen molar-refractivity contribution in [1.82, 2.24) is 20.1 Å². The number of hydrogen-bond acceptors (Lipinski definition) is 4. The molecule has 1 heterocycles. The van der Waals surface area contributed by atoms with E-state index in [1.54, 1.807) is 0 Å². The molecule has 1 saturated carbocycles. The van der Waals surface area contributed by atoms with Gasteiger partial charge in [-0.3, -0.25) is 4.79 Å². The van der Waals surface area contributed by atoms with Crippen molar-refractivity contribution < 1.29 is 4.79 Å². The highest BCUT2D eigenvalue weighted by molar-refractivity contribution is 7.99. The van der Waals surface area contributed by atoms with Gasteiger partial charge in [0.15, 0.2) is 0 Å². The van der Waals surface area contributed by atoms with Gasteiger partial charge in [-0.1, -0.05) is 72.4 Å². The summed E-state index contributed by atoms with van der Waals surface area (Å²) in [6, 6.07) is 24.5. The van der Waals surface area contributed by atoms with Crippen molar-refractivity contribution in [2.24, 2.45) is 0 Å². The van der Waals surface area contributed by atoms with Crippen LogP contribution in [0.2, 0.25) is 0 Å². The first kappa shape index (κ1) is 19.8. The summed E-state index contributed by atoms with van der Waals surface area (Å²) in [5, 5.41) is 10.8. The minimum absolute atomic E-state index is 0.0190. The zero-order valence-corrected chi connectivity index (χ0v) is 18.2. The lowest BCUT2D eigenvalue weighted by Crippen LogP contribution is -2.28. The Bertz CT molecular complexity index is 1210. The summed E-state index contributed by atoms with van der Waals surface area (Å²) in [5.41, 5.74) is 2.14. The van der Waals surface area contributed by atoms with Gasteiger partial charge in [0.25, 0.3) is 0 Å². The molecule has 0 bridgehead atoms. The van der Waals surface area contributed by atoms with Crippen LogP contribution < -0.4 is 5.32 Å². The molecule has 4 aromatic rings. The van der Waals surface area contributed by atoms with Crippen LogP contribution in [0.5, 0.6) is 0 Å². The molecule has 1 amide bonds. The molecular formula is C25H24N4OS. The second-order valence-corrected chi connectivity index (χ2v) is 8.86. The number of benzene rings is 3. The Balaban J connectivity index is 1.27. The minimum Gasteiger partial charge on any atom is -0.349 e. The maximum Gasteiger partial charge on any atom is 0.230 e. The SMILES string of the molecule is C[C@@H](NC(=O)CSc1nc(C2CC2)n(-c2ccccc2)n1)c1cccc2ccccc12. The van der Waals surface area contributed by atoms with Gasteiger partial charge >= 0.3 is 0 Å². The van der Waals surface area contributed by atoms with E-state index in [0.29, 0.717) is 11.1 Å². The summed E-state index contributed by atoms with van der Waals surface area (Å²) < 4.78 is 1.93. The fourth-order valence-electron chi connectivity index (χ4n) is 3.85. The van der Waals surface area contributed by atoms with Crippen molar-refractivity contribution in [2.75, 3.05) is 5.75 Å². The molecule has 1 aliphatic carbocycles. The third kappa shape index (κ3) is 4.35. The maximum absolute atomic E-state index is 12.6. The first-order valence-electron chi connectivity index (χ1n) is 10.6. The van der Waals surface area contributed by atoms with Crippen LogP contribution in [0.1, 0.15) is 43.1 Å². The van der Waals surface area contributed by atoms with Crippen LogP contribution in [0.4, 0.5) is 0 Å².